The third-order valence-electron chi connectivity index (χ3n) is 2.04. The fourth-order valence-corrected chi connectivity index (χ4v) is 1.42. The number of rotatable bonds is 1. The molecule has 0 amide bonds. The molecule has 0 bridgehead atoms. The van der Waals surface area contributed by atoms with Crippen LogP contribution in [-0.2, 0) is 0 Å². The summed E-state index contributed by atoms with van der Waals surface area (Å²) in [6, 6.07) is 2.93. The van der Waals surface area contributed by atoms with Gasteiger partial charge in [0.05, 0.1) is 11.7 Å². The van der Waals surface area contributed by atoms with Gasteiger partial charge in [0.2, 0.25) is 0 Å². The molecule has 0 atom stereocenters. The number of nitrogens with zero attached hydrogens (tertiary/aromatic N) is 2. The summed E-state index contributed by atoms with van der Waals surface area (Å²) >= 11 is 0. The van der Waals surface area contributed by atoms with Gasteiger partial charge in [-0.15, -0.1) is 0 Å². The highest BCUT2D eigenvalue weighted by atomic mass is 19.1. The molecule has 68 valence electrons. The average molecular weight is 178 g/mol. The van der Waals surface area contributed by atoms with E-state index in [1.807, 2.05) is 4.40 Å². The van der Waals surface area contributed by atoms with Gasteiger partial charge < -0.3 is 4.40 Å². The molecule has 0 aromatic carbocycles. The molecule has 0 N–H and O–H groups in total. The van der Waals surface area contributed by atoms with Gasteiger partial charge in [-0.25, -0.2) is 9.37 Å². The third-order valence-corrected chi connectivity index (χ3v) is 2.04. The van der Waals surface area contributed by atoms with Crippen molar-refractivity contribution in [3.63, 3.8) is 0 Å². The van der Waals surface area contributed by atoms with Crippen LogP contribution in [0.2, 0.25) is 0 Å². The Labute approximate surface area is 76.0 Å². The van der Waals surface area contributed by atoms with E-state index in [4.69, 9.17) is 0 Å². The van der Waals surface area contributed by atoms with Crippen LogP contribution in [0.25, 0.3) is 5.52 Å². The summed E-state index contributed by atoms with van der Waals surface area (Å²) < 4.78 is 14.7. The number of hydrogen-bond donors (Lipinski definition) is 0. The Morgan fingerprint density at radius 1 is 1.46 bits per heavy atom. The first kappa shape index (κ1) is 8.23. The minimum Gasteiger partial charge on any atom is -0.303 e. The molecule has 2 heterocycles. The van der Waals surface area contributed by atoms with Crippen LogP contribution in [0.5, 0.6) is 0 Å². The molecule has 0 saturated carbocycles. The predicted octanol–water partition coefficient (Wildman–Crippen LogP) is 2.60. The molecular weight excluding hydrogens is 167 g/mol. The Kier molecular flexibility index (Phi) is 1.79. The quantitative estimate of drug-likeness (QED) is 0.656. The van der Waals surface area contributed by atoms with E-state index in [1.54, 1.807) is 12.4 Å². The molecular formula is C10H11FN2. The highest BCUT2D eigenvalue weighted by molar-refractivity contribution is 5.46. The van der Waals surface area contributed by atoms with Crippen molar-refractivity contribution in [2.45, 2.75) is 19.8 Å². The molecule has 0 unspecified atom stereocenters. The lowest BCUT2D eigenvalue weighted by atomic mass is 10.2. The molecule has 3 heteroatoms. The van der Waals surface area contributed by atoms with E-state index >= 15 is 0 Å². The van der Waals surface area contributed by atoms with E-state index in [0.29, 0.717) is 5.92 Å². The Hall–Kier alpha value is -1.38. The van der Waals surface area contributed by atoms with Crippen molar-refractivity contribution < 1.29 is 4.39 Å². The molecule has 2 rings (SSSR count). The minimum absolute atomic E-state index is 0.220. The first-order valence-electron chi connectivity index (χ1n) is 4.31. The van der Waals surface area contributed by atoms with Gasteiger partial charge in [-0.1, -0.05) is 13.8 Å². The predicted molar refractivity (Wildman–Crippen MR) is 49.2 cm³/mol. The van der Waals surface area contributed by atoms with E-state index in [-0.39, 0.29) is 5.82 Å². The van der Waals surface area contributed by atoms with Crippen molar-refractivity contribution in [2.75, 3.05) is 0 Å². The van der Waals surface area contributed by atoms with E-state index in [0.717, 1.165) is 11.3 Å². The van der Waals surface area contributed by atoms with Gasteiger partial charge >= 0.3 is 0 Å². The Morgan fingerprint density at radius 2 is 2.23 bits per heavy atom. The standard InChI is InChI=1S/C10H11FN2/c1-7(2)10-12-6-9-5-8(11)3-4-13(9)10/h3-7H,1-2H3. The van der Waals surface area contributed by atoms with E-state index in [2.05, 4.69) is 18.8 Å². The molecule has 2 aromatic heterocycles. The van der Waals surface area contributed by atoms with Gasteiger partial charge in [-0.2, -0.15) is 0 Å². The highest BCUT2D eigenvalue weighted by Gasteiger charge is 2.06. The molecule has 0 aliphatic carbocycles. The number of fused-ring (bicyclic) bond motifs is 1. The average Bonchev–Trinajstić information content (AvgIpc) is 2.46. The summed E-state index contributed by atoms with van der Waals surface area (Å²) in [5.41, 5.74) is 0.809. The van der Waals surface area contributed by atoms with Crippen LogP contribution in [0.4, 0.5) is 4.39 Å². The highest BCUT2D eigenvalue weighted by Crippen LogP contribution is 2.15. The summed E-state index contributed by atoms with van der Waals surface area (Å²) in [6.07, 6.45) is 3.41. The lowest BCUT2D eigenvalue weighted by molar-refractivity contribution is 0.625. The van der Waals surface area contributed by atoms with Crippen LogP contribution in [0.15, 0.2) is 24.5 Å². The largest absolute Gasteiger partial charge is 0.303 e. The third kappa shape index (κ3) is 1.30. The van der Waals surface area contributed by atoms with Gasteiger partial charge in [-0.05, 0) is 12.1 Å². The topological polar surface area (TPSA) is 17.3 Å². The smallest absolute Gasteiger partial charge is 0.126 e. The summed E-state index contributed by atoms with van der Waals surface area (Å²) in [5.74, 6) is 1.10. The lowest BCUT2D eigenvalue weighted by Crippen LogP contribution is -1.96. The zero-order valence-electron chi connectivity index (χ0n) is 7.66. The van der Waals surface area contributed by atoms with Crippen molar-refractivity contribution in [3.05, 3.63) is 36.2 Å². The van der Waals surface area contributed by atoms with Crippen molar-refractivity contribution in [3.8, 4) is 0 Å². The van der Waals surface area contributed by atoms with Crippen LogP contribution in [0.3, 0.4) is 0 Å². The van der Waals surface area contributed by atoms with Gasteiger partial charge in [0.25, 0.3) is 0 Å². The van der Waals surface area contributed by atoms with Gasteiger partial charge in [0, 0.05) is 12.1 Å². The maximum atomic E-state index is 12.8. The van der Waals surface area contributed by atoms with Crippen LogP contribution in [-0.4, -0.2) is 9.38 Å². The van der Waals surface area contributed by atoms with Crippen LogP contribution >= 0.6 is 0 Å². The molecule has 0 saturated heterocycles. The Bertz CT molecular complexity index is 431. The normalized spacial score (nSPS) is 11.4. The molecule has 2 aromatic rings. The lowest BCUT2D eigenvalue weighted by Gasteiger charge is -2.03. The first-order valence-corrected chi connectivity index (χ1v) is 4.31. The zero-order chi connectivity index (χ0) is 9.42. The van der Waals surface area contributed by atoms with Gasteiger partial charge in [0.1, 0.15) is 11.6 Å². The van der Waals surface area contributed by atoms with E-state index < -0.39 is 0 Å². The zero-order valence-corrected chi connectivity index (χ0v) is 7.66. The van der Waals surface area contributed by atoms with Crippen molar-refractivity contribution >= 4 is 5.52 Å². The summed E-state index contributed by atoms with van der Waals surface area (Å²) in [5, 5.41) is 0. The van der Waals surface area contributed by atoms with E-state index in [1.165, 1.54) is 12.1 Å². The maximum Gasteiger partial charge on any atom is 0.126 e. The second kappa shape index (κ2) is 2.83. The number of aromatic nitrogens is 2. The fourth-order valence-electron chi connectivity index (χ4n) is 1.42. The van der Waals surface area contributed by atoms with Crippen molar-refractivity contribution in [2.24, 2.45) is 0 Å². The fraction of sp³-hybridized carbons (Fsp3) is 0.300. The molecule has 13 heavy (non-hydrogen) atoms. The van der Waals surface area contributed by atoms with Crippen LogP contribution in [0.1, 0.15) is 25.6 Å². The van der Waals surface area contributed by atoms with E-state index in [9.17, 15) is 4.39 Å². The maximum absolute atomic E-state index is 12.8. The van der Waals surface area contributed by atoms with Crippen molar-refractivity contribution in [1.82, 2.24) is 9.38 Å². The second-order valence-electron chi connectivity index (χ2n) is 3.41. The SMILES string of the molecule is CC(C)c1ncc2cc(F)ccn12. The van der Waals surface area contributed by atoms with Gasteiger partial charge in [-0.3, -0.25) is 0 Å². The first-order chi connectivity index (χ1) is 6.18. The van der Waals surface area contributed by atoms with Crippen LogP contribution in [0, 0.1) is 5.82 Å². The van der Waals surface area contributed by atoms with Gasteiger partial charge in [0.15, 0.2) is 0 Å². The Balaban J connectivity index is 2.69. The molecule has 0 fully saturated rings. The minimum atomic E-state index is -0.220. The number of halogens is 1. The Morgan fingerprint density at radius 3 is 2.92 bits per heavy atom. The number of imidazole rings is 1. The monoisotopic (exact) mass is 178 g/mol. The van der Waals surface area contributed by atoms with Crippen molar-refractivity contribution in [1.29, 1.82) is 0 Å². The number of pyridine rings is 1. The summed E-state index contributed by atoms with van der Waals surface area (Å²) in [4.78, 5) is 4.23. The molecule has 2 nitrogen and oxygen atoms in total. The molecule has 0 radical (unpaired) electrons. The second-order valence-corrected chi connectivity index (χ2v) is 3.41. The summed E-state index contributed by atoms with van der Waals surface area (Å²) in [6.45, 7) is 4.14. The molecule has 0 aliphatic rings. The molecule has 0 aliphatic heterocycles. The summed E-state index contributed by atoms with van der Waals surface area (Å²) in [7, 11) is 0. The number of hydrogen-bond acceptors (Lipinski definition) is 1. The van der Waals surface area contributed by atoms with Crippen LogP contribution < -0.4 is 0 Å². The molecule has 0 spiro atoms.